The lowest BCUT2D eigenvalue weighted by molar-refractivity contribution is -0.139. The zero-order valence-corrected chi connectivity index (χ0v) is 9.69. The molecule has 0 aliphatic heterocycles. The second-order valence-electron chi connectivity index (χ2n) is 4.43. The predicted molar refractivity (Wildman–Crippen MR) is 54.7 cm³/mol. The summed E-state index contributed by atoms with van der Waals surface area (Å²) in [4.78, 5) is 10.6. The fraction of sp³-hybridized carbons (Fsp3) is 0.700. The van der Waals surface area contributed by atoms with Crippen LogP contribution in [0.15, 0.2) is 4.42 Å². The average Bonchev–Trinajstić information content (AvgIpc) is 2.49. The van der Waals surface area contributed by atoms with Crippen molar-refractivity contribution in [3.8, 4) is 0 Å². The van der Waals surface area contributed by atoms with Gasteiger partial charge in [-0.15, -0.1) is 10.2 Å². The van der Waals surface area contributed by atoms with Gasteiger partial charge in [0, 0.05) is 13.5 Å². The first-order valence-electron chi connectivity index (χ1n) is 4.95. The van der Waals surface area contributed by atoms with Gasteiger partial charge in [-0.3, -0.25) is 4.79 Å². The Kier molecular flexibility index (Phi) is 4.00. The van der Waals surface area contributed by atoms with Gasteiger partial charge in [0.05, 0.1) is 6.42 Å². The number of aromatic nitrogens is 2. The smallest absolute Gasteiger partial charge is 0.303 e. The van der Waals surface area contributed by atoms with Crippen molar-refractivity contribution in [2.75, 3.05) is 7.11 Å². The summed E-state index contributed by atoms with van der Waals surface area (Å²) >= 11 is 0. The van der Waals surface area contributed by atoms with Crippen LogP contribution in [-0.4, -0.2) is 28.4 Å². The lowest BCUT2D eigenvalue weighted by Crippen LogP contribution is -2.19. The fourth-order valence-corrected chi connectivity index (χ4v) is 1.42. The predicted octanol–water partition coefficient (Wildman–Crippen LogP) is 1.26. The molecule has 0 atom stereocenters. The number of ether oxygens (including phenoxy) is 1. The van der Waals surface area contributed by atoms with Gasteiger partial charge < -0.3 is 14.3 Å². The van der Waals surface area contributed by atoms with E-state index in [1.54, 1.807) is 0 Å². The Balaban J connectivity index is 2.61. The van der Waals surface area contributed by atoms with Crippen LogP contribution >= 0.6 is 0 Å². The van der Waals surface area contributed by atoms with Gasteiger partial charge in [-0.25, -0.2) is 0 Å². The highest BCUT2D eigenvalue weighted by molar-refractivity contribution is 5.67. The van der Waals surface area contributed by atoms with Crippen molar-refractivity contribution in [1.29, 1.82) is 0 Å². The summed E-state index contributed by atoms with van der Waals surface area (Å²) in [6, 6.07) is 0. The lowest BCUT2D eigenvalue weighted by atomic mass is 9.86. The molecule has 0 aromatic carbocycles. The third-order valence-electron chi connectivity index (χ3n) is 2.04. The van der Waals surface area contributed by atoms with Gasteiger partial charge in [0.15, 0.2) is 0 Å². The highest BCUT2D eigenvalue weighted by Gasteiger charge is 2.25. The van der Waals surface area contributed by atoms with E-state index in [1.165, 1.54) is 7.11 Å². The minimum Gasteiger partial charge on any atom is -0.481 e. The third kappa shape index (κ3) is 3.98. The van der Waals surface area contributed by atoms with Crippen LogP contribution in [-0.2, 0) is 22.6 Å². The number of carboxylic acids is 1. The number of carbonyl (C=O) groups is 1. The Hall–Kier alpha value is -1.43. The Morgan fingerprint density at radius 3 is 2.62 bits per heavy atom. The molecule has 16 heavy (non-hydrogen) atoms. The van der Waals surface area contributed by atoms with Crippen molar-refractivity contribution in [2.24, 2.45) is 5.41 Å². The Labute approximate surface area is 93.6 Å². The van der Waals surface area contributed by atoms with E-state index in [2.05, 4.69) is 10.2 Å². The molecule has 1 rings (SSSR count). The number of nitrogens with zero attached hydrogens (tertiary/aromatic N) is 2. The standard InChI is InChI=1S/C10H16N2O4/c1-10(2,5-9(13)14)4-7-11-12-8(16-7)6-15-3/h4-6H2,1-3H3,(H,13,14). The highest BCUT2D eigenvalue weighted by atomic mass is 16.5. The van der Waals surface area contributed by atoms with Crippen molar-refractivity contribution in [3.63, 3.8) is 0 Å². The molecule has 0 aliphatic rings. The van der Waals surface area contributed by atoms with E-state index in [9.17, 15) is 4.79 Å². The maximum Gasteiger partial charge on any atom is 0.303 e. The van der Waals surface area contributed by atoms with E-state index in [0.717, 1.165) is 0 Å². The molecule has 1 aromatic heterocycles. The molecule has 0 aliphatic carbocycles. The molecule has 0 amide bonds. The van der Waals surface area contributed by atoms with Crippen LogP contribution in [0.3, 0.4) is 0 Å². The van der Waals surface area contributed by atoms with Gasteiger partial charge in [0.1, 0.15) is 6.61 Å². The maximum absolute atomic E-state index is 10.6. The summed E-state index contributed by atoms with van der Waals surface area (Å²) in [5.74, 6) is 0.0172. The van der Waals surface area contributed by atoms with Crippen molar-refractivity contribution in [1.82, 2.24) is 10.2 Å². The van der Waals surface area contributed by atoms with Crippen LogP contribution in [0.4, 0.5) is 0 Å². The molecule has 0 bridgehead atoms. The first kappa shape index (κ1) is 12.6. The summed E-state index contributed by atoms with van der Waals surface area (Å²) < 4.78 is 10.1. The minimum absolute atomic E-state index is 0.0645. The van der Waals surface area contributed by atoms with Gasteiger partial charge in [0.25, 0.3) is 0 Å². The molecule has 0 unspecified atom stereocenters. The average molecular weight is 228 g/mol. The van der Waals surface area contributed by atoms with E-state index in [-0.39, 0.29) is 13.0 Å². The van der Waals surface area contributed by atoms with E-state index in [1.807, 2.05) is 13.8 Å². The monoisotopic (exact) mass is 228 g/mol. The number of carboxylic acid groups (broad SMARTS) is 1. The van der Waals surface area contributed by atoms with Crippen molar-refractivity contribution < 1.29 is 19.1 Å². The van der Waals surface area contributed by atoms with E-state index < -0.39 is 11.4 Å². The fourth-order valence-electron chi connectivity index (χ4n) is 1.42. The van der Waals surface area contributed by atoms with E-state index >= 15 is 0 Å². The summed E-state index contributed by atoms with van der Waals surface area (Å²) in [6.07, 6.45) is 0.505. The molecule has 90 valence electrons. The number of methoxy groups -OCH3 is 1. The van der Waals surface area contributed by atoms with Crippen molar-refractivity contribution in [2.45, 2.75) is 33.3 Å². The lowest BCUT2D eigenvalue weighted by Gasteiger charge is -2.19. The van der Waals surface area contributed by atoms with Crippen LogP contribution in [0.25, 0.3) is 0 Å². The summed E-state index contributed by atoms with van der Waals surface area (Å²) in [5, 5.41) is 16.3. The van der Waals surface area contributed by atoms with E-state index in [4.69, 9.17) is 14.3 Å². The molecule has 0 radical (unpaired) electrons. The molecule has 1 aromatic rings. The first-order valence-corrected chi connectivity index (χ1v) is 4.95. The topological polar surface area (TPSA) is 85.5 Å². The quantitative estimate of drug-likeness (QED) is 0.788. The Morgan fingerprint density at radius 2 is 2.06 bits per heavy atom. The molecular weight excluding hydrogens is 212 g/mol. The van der Waals surface area contributed by atoms with Crippen LogP contribution < -0.4 is 0 Å². The second-order valence-corrected chi connectivity index (χ2v) is 4.43. The zero-order valence-electron chi connectivity index (χ0n) is 9.69. The molecule has 6 heteroatoms. The second kappa shape index (κ2) is 5.07. The van der Waals surface area contributed by atoms with Gasteiger partial charge in [-0.2, -0.15) is 0 Å². The normalized spacial score (nSPS) is 11.7. The first-order chi connectivity index (χ1) is 7.43. The molecule has 0 fully saturated rings. The van der Waals surface area contributed by atoms with Gasteiger partial charge >= 0.3 is 5.97 Å². The molecule has 1 heterocycles. The number of aliphatic carboxylic acids is 1. The third-order valence-corrected chi connectivity index (χ3v) is 2.04. The van der Waals surface area contributed by atoms with Crippen LogP contribution in [0, 0.1) is 5.41 Å². The Bertz CT molecular complexity index is 359. The van der Waals surface area contributed by atoms with Crippen molar-refractivity contribution >= 4 is 5.97 Å². The largest absolute Gasteiger partial charge is 0.481 e. The molecule has 1 N–H and O–H groups in total. The SMILES string of the molecule is COCc1nnc(CC(C)(C)CC(=O)O)o1. The summed E-state index contributed by atoms with van der Waals surface area (Å²) in [7, 11) is 1.54. The van der Waals surface area contributed by atoms with E-state index in [0.29, 0.717) is 18.2 Å². The molecule has 0 saturated carbocycles. The van der Waals surface area contributed by atoms with Gasteiger partial charge in [-0.05, 0) is 5.41 Å². The van der Waals surface area contributed by atoms with Gasteiger partial charge in [-0.1, -0.05) is 13.8 Å². The number of rotatable bonds is 6. The Morgan fingerprint density at radius 1 is 1.44 bits per heavy atom. The highest BCUT2D eigenvalue weighted by Crippen LogP contribution is 2.25. The summed E-state index contributed by atoms with van der Waals surface area (Å²) in [6.45, 7) is 3.97. The van der Waals surface area contributed by atoms with Crippen LogP contribution in [0.1, 0.15) is 32.0 Å². The maximum atomic E-state index is 10.6. The van der Waals surface area contributed by atoms with Crippen LogP contribution in [0.2, 0.25) is 0 Å². The molecule has 6 nitrogen and oxygen atoms in total. The zero-order chi connectivity index (χ0) is 12.2. The molecular formula is C10H16N2O4. The molecule has 0 spiro atoms. The van der Waals surface area contributed by atoms with Crippen molar-refractivity contribution in [3.05, 3.63) is 11.8 Å². The number of hydrogen-bond acceptors (Lipinski definition) is 5. The number of hydrogen-bond donors (Lipinski definition) is 1. The minimum atomic E-state index is -0.832. The summed E-state index contributed by atoms with van der Waals surface area (Å²) in [5.41, 5.74) is -0.400. The van der Waals surface area contributed by atoms with Gasteiger partial charge in [0.2, 0.25) is 11.8 Å². The molecule has 0 saturated heterocycles. The van der Waals surface area contributed by atoms with Crippen LogP contribution in [0.5, 0.6) is 0 Å².